The van der Waals surface area contributed by atoms with Crippen LogP contribution in [0.3, 0.4) is 0 Å². The zero-order valence-electron chi connectivity index (χ0n) is 14.1. The first-order valence-corrected chi connectivity index (χ1v) is 9.74. The maximum atomic E-state index is 12.9. The molecule has 1 heterocycles. The van der Waals surface area contributed by atoms with E-state index in [2.05, 4.69) is 21.2 Å². The van der Waals surface area contributed by atoms with Gasteiger partial charge in [-0.25, -0.2) is 0 Å². The Kier molecular flexibility index (Phi) is 5.90. The molecule has 0 bridgehead atoms. The standard InChI is InChI=1S/C19H17BrCl2N2O2/c1-11-7-13(20)4-5-16(11)23-18(25)17-3-2-6-24(17)19(26)12-8-14(21)10-15(22)9-12/h4-5,7-10,17H,2-3,6H2,1H3,(H,23,25). The zero-order chi connectivity index (χ0) is 18.8. The average molecular weight is 456 g/mol. The van der Waals surface area contributed by atoms with Crippen LogP contribution in [-0.2, 0) is 4.79 Å². The van der Waals surface area contributed by atoms with Gasteiger partial charge in [0.2, 0.25) is 5.91 Å². The van der Waals surface area contributed by atoms with Crippen LogP contribution >= 0.6 is 39.1 Å². The number of hydrogen-bond acceptors (Lipinski definition) is 2. The second-order valence-corrected chi connectivity index (χ2v) is 8.05. The van der Waals surface area contributed by atoms with Crippen molar-refractivity contribution in [2.24, 2.45) is 0 Å². The highest BCUT2D eigenvalue weighted by atomic mass is 79.9. The number of anilines is 1. The van der Waals surface area contributed by atoms with Crippen LogP contribution in [0.15, 0.2) is 40.9 Å². The third kappa shape index (κ3) is 4.22. The van der Waals surface area contributed by atoms with Gasteiger partial charge in [-0.05, 0) is 61.7 Å². The molecule has 1 unspecified atom stereocenters. The third-order valence-electron chi connectivity index (χ3n) is 4.37. The number of amides is 2. The molecular weight excluding hydrogens is 439 g/mol. The second kappa shape index (κ2) is 7.99. The Bertz CT molecular complexity index is 852. The number of rotatable bonds is 3. The fourth-order valence-electron chi connectivity index (χ4n) is 3.11. The minimum atomic E-state index is -0.511. The highest BCUT2D eigenvalue weighted by Gasteiger charge is 2.34. The molecule has 1 aliphatic rings. The monoisotopic (exact) mass is 454 g/mol. The molecule has 1 atom stereocenters. The van der Waals surface area contributed by atoms with Gasteiger partial charge in [0.1, 0.15) is 6.04 Å². The normalized spacial score (nSPS) is 16.6. The van der Waals surface area contributed by atoms with E-state index in [1.165, 1.54) is 0 Å². The molecule has 0 aliphatic carbocycles. The molecule has 0 radical (unpaired) electrons. The van der Waals surface area contributed by atoms with E-state index in [1.54, 1.807) is 23.1 Å². The van der Waals surface area contributed by atoms with Crippen LogP contribution in [-0.4, -0.2) is 29.3 Å². The van der Waals surface area contributed by atoms with Crippen LogP contribution in [0.25, 0.3) is 0 Å². The van der Waals surface area contributed by atoms with Gasteiger partial charge in [0.15, 0.2) is 0 Å². The van der Waals surface area contributed by atoms with Crippen molar-refractivity contribution in [3.05, 3.63) is 62.0 Å². The molecule has 0 spiro atoms. The molecule has 2 aromatic carbocycles. The number of halogens is 3. The summed E-state index contributed by atoms with van der Waals surface area (Å²) in [6, 6.07) is 9.85. The van der Waals surface area contributed by atoms with E-state index in [9.17, 15) is 9.59 Å². The minimum absolute atomic E-state index is 0.186. The average Bonchev–Trinajstić information content (AvgIpc) is 3.05. The number of hydrogen-bond donors (Lipinski definition) is 1. The predicted molar refractivity (Wildman–Crippen MR) is 108 cm³/mol. The van der Waals surface area contributed by atoms with E-state index in [0.717, 1.165) is 22.1 Å². The summed E-state index contributed by atoms with van der Waals surface area (Å²) in [5.41, 5.74) is 2.08. The lowest BCUT2D eigenvalue weighted by Crippen LogP contribution is -2.43. The molecule has 3 rings (SSSR count). The van der Waals surface area contributed by atoms with E-state index in [-0.39, 0.29) is 11.8 Å². The fourth-order valence-corrected chi connectivity index (χ4v) is 4.11. The van der Waals surface area contributed by atoms with E-state index < -0.39 is 6.04 Å². The Morgan fingerprint density at radius 1 is 1.15 bits per heavy atom. The van der Waals surface area contributed by atoms with Crippen molar-refractivity contribution in [2.45, 2.75) is 25.8 Å². The summed E-state index contributed by atoms with van der Waals surface area (Å²) in [6.45, 7) is 2.45. The first kappa shape index (κ1) is 19.2. The molecule has 136 valence electrons. The SMILES string of the molecule is Cc1cc(Br)ccc1NC(=O)C1CCCN1C(=O)c1cc(Cl)cc(Cl)c1. The van der Waals surface area contributed by atoms with Gasteiger partial charge in [-0.2, -0.15) is 0 Å². The molecule has 1 saturated heterocycles. The fraction of sp³-hybridized carbons (Fsp3) is 0.263. The first-order chi connectivity index (χ1) is 12.3. The number of likely N-dealkylation sites (tertiary alicyclic amines) is 1. The molecule has 0 aromatic heterocycles. The lowest BCUT2D eigenvalue weighted by atomic mass is 10.1. The van der Waals surface area contributed by atoms with Gasteiger partial charge < -0.3 is 10.2 Å². The van der Waals surface area contributed by atoms with Gasteiger partial charge in [-0.3, -0.25) is 9.59 Å². The van der Waals surface area contributed by atoms with Crippen molar-refractivity contribution in [1.82, 2.24) is 4.90 Å². The lowest BCUT2D eigenvalue weighted by Gasteiger charge is -2.24. The summed E-state index contributed by atoms with van der Waals surface area (Å²) in [4.78, 5) is 27.2. The molecule has 1 fully saturated rings. The van der Waals surface area contributed by atoms with Gasteiger partial charge in [-0.15, -0.1) is 0 Å². The molecule has 1 N–H and O–H groups in total. The summed E-state index contributed by atoms with van der Waals surface area (Å²) in [7, 11) is 0. The summed E-state index contributed by atoms with van der Waals surface area (Å²) in [5, 5.41) is 3.72. The van der Waals surface area contributed by atoms with Gasteiger partial charge in [-0.1, -0.05) is 39.1 Å². The van der Waals surface area contributed by atoms with Crippen molar-refractivity contribution in [3.63, 3.8) is 0 Å². The Morgan fingerprint density at radius 2 is 1.85 bits per heavy atom. The molecule has 0 saturated carbocycles. The number of nitrogens with zero attached hydrogens (tertiary/aromatic N) is 1. The third-order valence-corrected chi connectivity index (χ3v) is 5.30. The molecule has 1 aliphatic heterocycles. The molecular formula is C19H17BrCl2N2O2. The first-order valence-electron chi connectivity index (χ1n) is 8.19. The maximum Gasteiger partial charge on any atom is 0.254 e. The lowest BCUT2D eigenvalue weighted by molar-refractivity contribution is -0.119. The number of nitrogens with one attached hydrogen (secondary N) is 1. The van der Waals surface area contributed by atoms with Crippen molar-refractivity contribution in [1.29, 1.82) is 0 Å². The van der Waals surface area contributed by atoms with E-state index in [0.29, 0.717) is 28.6 Å². The highest BCUT2D eigenvalue weighted by Crippen LogP contribution is 2.26. The molecule has 4 nitrogen and oxygen atoms in total. The van der Waals surface area contributed by atoms with Crippen LogP contribution in [0, 0.1) is 6.92 Å². The minimum Gasteiger partial charge on any atom is -0.327 e. The molecule has 2 amide bonds. The Labute approximate surface area is 170 Å². The zero-order valence-corrected chi connectivity index (χ0v) is 17.2. The number of benzene rings is 2. The largest absolute Gasteiger partial charge is 0.327 e. The van der Waals surface area contributed by atoms with Crippen LogP contribution < -0.4 is 5.32 Å². The topological polar surface area (TPSA) is 49.4 Å². The van der Waals surface area contributed by atoms with Crippen molar-refractivity contribution >= 4 is 56.6 Å². The Balaban J connectivity index is 1.78. The van der Waals surface area contributed by atoms with Crippen molar-refractivity contribution in [3.8, 4) is 0 Å². The second-order valence-electron chi connectivity index (χ2n) is 6.26. The van der Waals surface area contributed by atoms with E-state index >= 15 is 0 Å². The van der Waals surface area contributed by atoms with E-state index in [4.69, 9.17) is 23.2 Å². The van der Waals surface area contributed by atoms with Crippen molar-refractivity contribution in [2.75, 3.05) is 11.9 Å². The van der Waals surface area contributed by atoms with Crippen LogP contribution in [0.4, 0.5) is 5.69 Å². The number of carbonyl (C=O) groups excluding carboxylic acids is 2. The van der Waals surface area contributed by atoms with Gasteiger partial charge in [0.05, 0.1) is 0 Å². The van der Waals surface area contributed by atoms with Crippen molar-refractivity contribution < 1.29 is 9.59 Å². The number of carbonyl (C=O) groups is 2. The maximum absolute atomic E-state index is 12.9. The molecule has 7 heteroatoms. The van der Waals surface area contributed by atoms with Crippen LogP contribution in [0.2, 0.25) is 10.0 Å². The smallest absolute Gasteiger partial charge is 0.254 e. The van der Waals surface area contributed by atoms with Crippen LogP contribution in [0.5, 0.6) is 0 Å². The van der Waals surface area contributed by atoms with Gasteiger partial charge in [0, 0.05) is 32.3 Å². The summed E-state index contributed by atoms with van der Waals surface area (Å²) < 4.78 is 0.948. The quantitative estimate of drug-likeness (QED) is 0.681. The summed E-state index contributed by atoms with van der Waals surface area (Å²) in [5.74, 6) is -0.422. The Hall–Kier alpha value is -1.56. The molecule has 2 aromatic rings. The highest BCUT2D eigenvalue weighted by molar-refractivity contribution is 9.10. The predicted octanol–water partition coefficient (Wildman–Crippen LogP) is 5.31. The van der Waals surface area contributed by atoms with Gasteiger partial charge >= 0.3 is 0 Å². The Morgan fingerprint density at radius 3 is 2.50 bits per heavy atom. The van der Waals surface area contributed by atoms with Gasteiger partial charge in [0.25, 0.3) is 5.91 Å². The molecule has 26 heavy (non-hydrogen) atoms. The summed E-state index contributed by atoms with van der Waals surface area (Å²) >= 11 is 15.4. The van der Waals surface area contributed by atoms with E-state index in [1.807, 2.05) is 25.1 Å². The summed E-state index contributed by atoms with van der Waals surface area (Å²) in [6.07, 6.45) is 1.40. The van der Waals surface area contributed by atoms with Crippen LogP contribution in [0.1, 0.15) is 28.8 Å². The number of aryl methyl sites for hydroxylation is 1.